The standard InChI is InChI=1S/C28H40O4P2/c1-17(2)25-31-21-15-11-13-19(23(21)33(25,29)27(5,6)7)20-14-12-16-22-24(20)34(30,28(8,9)10)26(32-22)18(3)4/h11-18,25-26H,1-10H3/t25-,26-,33+,34+/m0/s1. The van der Waals surface area contributed by atoms with E-state index in [0.29, 0.717) is 11.5 Å². The number of hydrogen-bond donors (Lipinski definition) is 0. The maximum atomic E-state index is 15.0. The molecule has 2 heterocycles. The molecule has 6 heteroatoms. The molecule has 0 amide bonds. The van der Waals surface area contributed by atoms with E-state index >= 15 is 9.13 Å². The highest BCUT2D eigenvalue weighted by Crippen LogP contribution is 2.70. The molecular weight excluding hydrogens is 462 g/mol. The Hall–Kier alpha value is -1.50. The molecular formula is C28H40O4P2. The summed E-state index contributed by atoms with van der Waals surface area (Å²) in [5.74, 6) is 0.820. The van der Waals surface area contributed by atoms with Crippen LogP contribution in [-0.2, 0) is 9.13 Å². The third-order valence-electron chi connectivity index (χ3n) is 7.30. The zero-order chi connectivity index (χ0) is 25.4. The van der Waals surface area contributed by atoms with Crippen molar-refractivity contribution in [1.29, 1.82) is 0 Å². The fourth-order valence-electron chi connectivity index (χ4n) is 5.56. The van der Waals surface area contributed by atoms with Crippen molar-refractivity contribution < 1.29 is 18.6 Å². The van der Waals surface area contributed by atoms with Crippen LogP contribution in [0.25, 0.3) is 11.1 Å². The molecule has 0 saturated heterocycles. The molecule has 4 nitrogen and oxygen atoms in total. The van der Waals surface area contributed by atoms with Crippen LogP contribution in [0.5, 0.6) is 11.5 Å². The van der Waals surface area contributed by atoms with E-state index < -0.39 is 24.6 Å². The fraction of sp³-hybridized carbons (Fsp3) is 0.571. The first kappa shape index (κ1) is 25.6. The molecule has 2 aliphatic heterocycles. The Bertz CT molecular complexity index is 1120. The highest BCUT2D eigenvalue weighted by atomic mass is 31.2. The summed E-state index contributed by atoms with van der Waals surface area (Å²) in [5, 5.41) is 0.629. The summed E-state index contributed by atoms with van der Waals surface area (Å²) in [5.41, 5.74) is 1.74. The third-order valence-corrected chi connectivity index (χ3v) is 16.4. The Kier molecular flexibility index (Phi) is 6.03. The molecule has 0 bridgehead atoms. The Morgan fingerprint density at radius 1 is 0.647 bits per heavy atom. The van der Waals surface area contributed by atoms with Crippen molar-refractivity contribution in [2.45, 2.75) is 91.2 Å². The number of ether oxygens (including phenoxy) is 2. The Morgan fingerprint density at radius 2 is 0.971 bits per heavy atom. The van der Waals surface area contributed by atoms with Gasteiger partial charge in [-0.2, -0.15) is 0 Å². The van der Waals surface area contributed by atoms with Gasteiger partial charge in [-0.15, -0.1) is 0 Å². The maximum absolute atomic E-state index is 15.0. The van der Waals surface area contributed by atoms with Crippen molar-refractivity contribution >= 4 is 24.9 Å². The van der Waals surface area contributed by atoms with E-state index in [1.165, 1.54) is 0 Å². The van der Waals surface area contributed by atoms with Crippen LogP contribution >= 0.6 is 14.3 Å². The highest BCUT2D eigenvalue weighted by molar-refractivity contribution is 7.75. The molecule has 2 aromatic rings. The number of benzene rings is 2. The van der Waals surface area contributed by atoms with E-state index in [-0.39, 0.29) is 23.5 Å². The SMILES string of the molecule is CC(C)[C@H]1Oc2cccc(-c3cccc4c3[P@](=O)(C(C)(C)C)[C@@H](C(C)C)O4)c2[P@]1(=O)C(C)(C)C. The Balaban J connectivity index is 2.07. The van der Waals surface area contributed by atoms with Gasteiger partial charge in [-0.05, 0) is 35.1 Å². The van der Waals surface area contributed by atoms with Gasteiger partial charge in [0.15, 0.2) is 26.0 Å². The number of fused-ring (bicyclic) bond motifs is 2. The van der Waals surface area contributed by atoms with Gasteiger partial charge < -0.3 is 18.6 Å². The van der Waals surface area contributed by atoms with Crippen LogP contribution in [0.3, 0.4) is 0 Å². The molecule has 0 spiro atoms. The largest absolute Gasteiger partial charge is 0.481 e. The van der Waals surface area contributed by atoms with Gasteiger partial charge in [0.25, 0.3) is 0 Å². The first-order valence-corrected chi connectivity index (χ1v) is 15.9. The molecule has 2 aromatic carbocycles. The summed E-state index contributed by atoms with van der Waals surface area (Å²) in [6, 6.07) is 11.8. The maximum Gasteiger partial charge on any atom is 0.163 e. The van der Waals surface area contributed by atoms with Crippen molar-refractivity contribution in [2.75, 3.05) is 0 Å². The zero-order valence-corrected chi connectivity index (χ0v) is 24.1. The average molecular weight is 503 g/mol. The molecule has 4 rings (SSSR count). The fourth-order valence-corrected chi connectivity index (χ4v) is 13.2. The molecule has 0 N–H and O–H groups in total. The van der Waals surface area contributed by atoms with E-state index in [9.17, 15) is 0 Å². The summed E-state index contributed by atoms with van der Waals surface area (Å²) < 4.78 is 42.9. The summed E-state index contributed by atoms with van der Waals surface area (Å²) >= 11 is 0. The molecule has 0 unspecified atom stereocenters. The van der Waals surface area contributed by atoms with Gasteiger partial charge in [0, 0.05) is 10.3 Å². The van der Waals surface area contributed by atoms with Gasteiger partial charge in [-0.25, -0.2) is 0 Å². The quantitative estimate of drug-likeness (QED) is 0.404. The van der Waals surface area contributed by atoms with Crippen molar-refractivity contribution in [2.24, 2.45) is 11.8 Å². The molecule has 2 aliphatic rings. The van der Waals surface area contributed by atoms with Gasteiger partial charge in [-0.1, -0.05) is 93.5 Å². The van der Waals surface area contributed by atoms with Crippen LogP contribution in [0.15, 0.2) is 36.4 Å². The van der Waals surface area contributed by atoms with Gasteiger partial charge in [0.05, 0.1) is 10.6 Å². The second-order valence-corrected chi connectivity index (χ2v) is 19.7. The normalized spacial score (nSPS) is 28.6. The van der Waals surface area contributed by atoms with Crippen molar-refractivity contribution in [3.05, 3.63) is 36.4 Å². The van der Waals surface area contributed by atoms with Crippen LogP contribution in [0.1, 0.15) is 69.2 Å². The van der Waals surface area contributed by atoms with E-state index in [1.807, 2.05) is 77.9 Å². The Morgan fingerprint density at radius 3 is 1.24 bits per heavy atom. The molecule has 0 radical (unpaired) electrons. The van der Waals surface area contributed by atoms with E-state index in [1.54, 1.807) is 0 Å². The molecule has 4 atom stereocenters. The van der Waals surface area contributed by atoms with Gasteiger partial charge >= 0.3 is 0 Å². The van der Waals surface area contributed by atoms with Gasteiger partial charge in [-0.3, -0.25) is 0 Å². The van der Waals surface area contributed by atoms with Crippen LogP contribution in [0.2, 0.25) is 0 Å². The predicted octanol–water partition coefficient (Wildman–Crippen LogP) is 7.68. The average Bonchev–Trinajstić information content (AvgIpc) is 3.21. The summed E-state index contributed by atoms with van der Waals surface area (Å²) in [6.45, 7) is 20.6. The zero-order valence-electron chi connectivity index (χ0n) is 22.3. The molecule has 0 fully saturated rings. The van der Waals surface area contributed by atoms with Crippen LogP contribution in [-0.4, -0.2) is 22.0 Å². The monoisotopic (exact) mass is 502 g/mol. The second-order valence-electron chi connectivity index (χ2n) is 12.5. The summed E-state index contributed by atoms with van der Waals surface area (Å²) in [4.78, 5) is 0. The summed E-state index contributed by atoms with van der Waals surface area (Å²) in [6.07, 6.45) is 0. The third kappa shape index (κ3) is 3.39. The topological polar surface area (TPSA) is 52.6 Å². The first-order chi connectivity index (χ1) is 15.6. The lowest BCUT2D eigenvalue weighted by Crippen LogP contribution is -2.33. The molecule has 0 aliphatic carbocycles. The molecule has 0 aromatic heterocycles. The summed E-state index contributed by atoms with van der Waals surface area (Å²) in [7, 11) is -6.02. The van der Waals surface area contributed by atoms with Crippen LogP contribution in [0, 0.1) is 11.8 Å². The van der Waals surface area contributed by atoms with Crippen molar-refractivity contribution in [1.82, 2.24) is 0 Å². The predicted molar refractivity (Wildman–Crippen MR) is 144 cm³/mol. The minimum atomic E-state index is -3.01. The van der Waals surface area contributed by atoms with Crippen LogP contribution in [0.4, 0.5) is 0 Å². The molecule has 34 heavy (non-hydrogen) atoms. The van der Waals surface area contributed by atoms with Crippen LogP contribution < -0.4 is 20.1 Å². The van der Waals surface area contributed by atoms with Gasteiger partial charge in [0.1, 0.15) is 11.5 Å². The molecule has 186 valence electrons. The van der Waals surface area contributed by atoms with Crippen molar-refractivity contribution in [3.63, 3.8) is 0 Å². The lowest BCUT2D eigenvalue weighted by atomic mass is 10.0. The smallest absolute Gasteiger partial charge is 0.163 e. The first-order valence-electron chi connectivity index (χ1n) is 12.4. The van der Waals surface area contributed by atoms with Gasteiger partial charge in [0.2, 0.25) is 0 Å². The number of rotatable bonds is 3. The molecule has 0 saturated carbocycles. The Labute approximate surface area is 205 Å². The lowest BCUT2D eigenvalue weighted by Gasteiger charge is -2.35. The highest BCUT2D eigenvalue weighted by Gasteiger charge is 2.57. The minimum absolute atomic E-state index is 0.0983. The minimum Gasteiger partial charge on any atom is -0.481 e. The van der Waals surface area contributed by atoms with E-state index in [0.717, 1.165) is 21.7 Å². The van der Waals surface area contributed by atoms with Crippen molar-refractivity contribution in [3.8, 4) is 22.6 Å². The second kappa shape index (κ2) is 8.01. The van der Waals surface area contributed by atoms with E-state index in [4.69, 9.17) is 9.47 Å². The lowest BCUT2D eigenvalue weighted by molar-refractivity contribution is 0.232. The number of hydrogen-bond acceptors (Lipinski definition) is 4. The van der Waals surface area contributed by atoms with E-state index in [2.05, 4.69) is 27.7 Å².